The largest absolute Gasteiger partial charge is 0.355 e. The number of benzene rings is 2. The molecule has 0 bridgehead atoms. The van der Waals surface area contributed by atoms with Crippen LogP contribution in [0.5, 0.6) is 0 Å². The zero-order chi connectivity index (χ0) is 38.6. The third-order valence-electron chi connectivity index (χ3n) is 10.7. The fourth-order valence-corrected chi connectivity index (χ4v) is 7.87. The number of hydrogen-bond donors (Lipinski definition) is 4. The predicted molar refractivity (Wildman–Crippen MR) is 210 cm³/mol. The summed E-state index contributed by atoms with van der Waals surface area (Å²) in [6, 6.07) is 28.3. The fourth-order valence-electron chi connectivity index (χ4n) is 7.87. The minimum atomic E-state index is -0.925. The molecule has 4 N–H and O–H groups in total. The first-order valence-corrected chi connectivity index (χ1v) is 19.3. The van der Waals surface area contributed by atoms with Crippen LogP contribution in [0.15, 0.2) is 109 Å². The monoisotopic (exact) mass is 744 g/mol. The molecule has 0 radical (unpaired) electrons. The van der Waals surface area contributed by atoms with Crippen LogP contribution in [0, 0.1) is 5.92 Å². The van der Waals surface area contributed by atoms with Gasteiger partial charge < -0.3 is 26.2 Å². The number of rotatable bonds is 16. The van der Waals surface area contributed by atoms with Gasteiger partial charge in [-0.3, -0.25) is 34.0 Å². The van der Waals surface area contributed by atoms with Crippen molar-refractivity contribution in [1.29, 1.82) is 0 Å². The van der Waals surface area contributed by atoms with Gasteiger partial charge in [-0.2, -0.15) is 0 Å². The number of likely N-dealkylation sites (N-methyl/N-ethyl adjacent to an activating group) is 1. The summed E-state index contributed by atoms with van der Waals surface area (Å²) in [5.74, 6) is -1.40. The summed E-state index contributed by atoms with van der Waals surface area (Å²) < 4.78 is 0. The van der Waals surface area contributed by atoms with Crippen LogP contribution >= 0.6 is 0 Å². The van der Waals surface area contributed by atoms with Crippen LogP contribution in [-0.2, 0) is 32.3 Å². The molecule has 5 atom stereocenters. The molecule has 2 fully saturated rings. The Morgan fingerprint density at radius 1 is 0.800 bits per heavy atom. The molecule has 55 heavy (non-hydrogen) atoms. The first kappa shape index (κ1) is 39.2. The van der Waals surface area contributed by atoms with E-state index in [0.29, 0.717) is 45.2 Å². The van der Waals surface area contributed by atoms with Crippen LogP contribution in [0.3, 0.4) is 0 Å². The van der Waals surface area contributed by atoms with Crippen molar-refractivity contribution in [1.82, 2.24) is 41.0 Å². The van der Waals surface area contributed by atoms with Gasteiger partial charge in [0.1, 0.15) is 12.1 Å². The van der Waals surface area contributed by atoms with Crippen LogP contribution in [0.4, 0.5) is 0 Å². The van der Waals surface area contributed by atoms with Crippen molar-refractivity contribution >= 4 is 23.6 Å². The Balaban J connectivity index is 1.19. The van der Waals surface area contributed by atoms with Gasteiger partial charge in [-0.15, -0.1) is 0 Å². The van der Waals surface area contributed by atoms with Crippen molar-refractivity contribution in [2.45, 2.75) is 82.3 Å². The standard InChI is InChI=1S/C43H52N8O4/c1-3-36(44-2)41(53)49-40-32(26-47-38(52)29-50(27-33-18-10-12-24-45-33)28-34-19-11-13-25-46-34)20-21-35-22-23-37(51(35)43(40)55)42(54)48-39(30-14-6-4-7-15-30)31-16-8-5-9-17-31/h4-19,24-25,32,35-37,39-40,44H,3,20-23,26-29H2,1-2H3,(H,47,52)(H,48,54)(H,49,53)/t32-,35+,36+,37+,40+/m1/s1. The summed E-state index contributed by atoms with van der Waals surface area (Å²) in [6.45, 7) is 3.08. The van der Waals surface area contributed by atoms with Crippen molar-refractivity contribution in [2.24, 2.45) is 5.92 Å². The van der Waals surface area contributed by atoms with E-state index in [0.717, 1.165) is 22.5 Å². The number of hydrogen-bond acceptors (Lipinski definition) is 8. The lowest BCUT2D eigenvalue weighted by atomic mass is 9.92. The molecule has 0 saturated carbocycles. The summed E-state index contributed by atoms with van der Waals surface area (Å²) >= 11 is 0. The summed E-state index contributed by atoms with van der Waals surface area (Å²) in [4.78, 5) is 68.7. The van der Waals surface area contributed by atoms with E-state index in [2.05, 4.69) is 31.2 Å². The number of carbonyl (C=O) groups excluding carboxylic acids is 4. The molecule has 0 aliphatic carbocycles. The lowest BCUT2D eigenvalue weighted by molar-refractivity contribution is -0.144. The van der Waals surface area contributed by atoms with Crippen molar-refractivity contribution in [3.05, 3.63) is 132 Å². The second kappa shape index (κ2) is 19.2. The van der Waals surface area contributed by atoms with E-state index in [4.69, 9.17) is 0 Å². The van der Waals surface area contributed by atoms with E-state index in [1.54, 1.807) is 24.3 Å². The predicted octanol–water partition coefficient (Wildman–Crippen LogP) is 3.75. The zero-order valence-electron chi connectivity index (χ0n) is 31.6. The minimum Gasteiger partial charge on any atom is -0.355 e. The molecule has 4 aromatic rings. The molecule has 2 aromatic heterocycles. The van der Waals surface area contributed by atoms with E-state index < -0.39 is 24.2 Å². The normalized spacial score (nSPS) is 20.1. The molecular weight excluding hydrogens is 693 g/mol. The Morgan fingerprint density at radius 3 is 1.93 bits per heavy atom. The zero-order valence-corrected chi connectivity index (χ0v) is 31.6. The maximum Gasteiger partial charge on any atom is 0.246 e. The topological polar surface area (TPSA) is 149 Å². The number of nitrogens with one attached hydrogen (secondary N) is 4. The van der Waals surface area contributed by atoms with Gasteiger partial charge in [0.15, 0.2) is 0 Å². The first-order chi connectivity index (χ1) is 26.8. The van der Waals surface area contributed by atoms with E-state index >= 15 is 0 Å². The van der Waals surface area contributed by atoms with Crippen LogP contribution < -0.4 is 21.3 Å². The van der Waals surface area contributed by atoms with E-state index in [9.17, 15) is 19.2 Å². The fraction of sp³-hybridized carbons (Fsp3) is 0.395. The van der Waals surface area contributed by atoms with Gasteiger partial charge in [0.25, 0.3) is 0 Å². The van der Waals surface area contributed by atoms with E-state index in [-0.39, 0.29) is 48.7 Å². The highest BCUT2D eigenvalue weighted by Gasteiger charge is 2.48. The number of pyridine rings is 2. The second-order valence-corrected chi connectivity index (χ2v) is 14.4. The van der Waals surface area contributed by atoms with Crippen LogP contribution in [0.1, 0.15) is 67.6 Å². The Kier molecular flexibility index (Phi) is 13.7. The highest BCUT2D eigenvalue weighted by Crippen LogP contribution is 2.35. The molecule has 2 aliphatic heterocycles. The third-order valence-corrected chi connectivity index (χ3v) is 10.7. The lowest BCUT2D eigenvalue weighted by Crippen LogP contribution is -2.59. The minimum absolute atomic E-state index is 0.0868. The lowest BCUT2D eigenvalue weighted by Gasteiger charge is -2.33. The van der Waals surface area contributed by atoms with E-state index in [1.807, 2.05) is 109 Å². The van der Waals surface area contributed by atoms with Crippen LogP contribution in [-0.4, -0.2) is 87.7 Å². The van der Waals surface area contributed by atoms with Crippen LogP contribution in [0.25, 0.3) is 0 Å². The summed E-state index contributed by atoms with van der Waals surface area (Å²) in [5.41, 5.74) is 3.54. The van der Waals surface area contributed by atoms with Gasteiger partial charge >= 0.3 is 0 Å². The van der Waals surface area contributed by atoms with E-state index in [1.165, 1.54) is 0 Å². The molecule has 4 heterocycles. The number of amides is 4. The van der Waals surface area contributed by atoms with Crippen molar-refractivity contribution in [2.75, 3.05) is 20.1 Å². The molecule has 12 heteroatoms. The number of carbonyl (C=O) groups is 4. The Labute approximate surface area is 323 Å². The Bertz CT molecular complexity index is 1760. The molecule has 2 aliphatic rings. The molecular formula is C43H52N8O4. The average molecular weight is 745 g/mol. The van der Waals surface area contributed by atoms with Gasteiger partial charge in [-0.25, -0.2) is 0 Å². The van der Waals surface area contributed by atoms with Gasteiger partial charge in [0.2, 0.25) is 23.6 Å². The summed E-state index contributed by atoms with van der Waals surface area (Å²) in [7, 11) is 1.72. The van der Waals surface area contributed by atoms with Crippen LogP contribution in [0.2, 0.25) is 0 Å². The Hall–Kier alpha value is -5.46. The van der Waals surface area contributed by atoms with Gasteiger partial charge in [-0.1, -0.05) is 79.7 Å². The molecule has 2 saturated heterocycles. The second-order valence-electron chi connectivity index (χ2n) is 14.4. The van der Waals surface area contributed by atoms with Crippen molar-refractivity contribution < 1.29 is 19.2 Å². The Morgan fingerprint density at radius 2 is 1.38 bits per heavy atom. The quantitative estimate of drug-likeness (QED) is 0.136. The first-order valence-electron chi connectivity index (χ1n) is 19.3. The van der Waals surface area contributed by atoms with Crippen molar-refractivity contribution in [3.8, 4) is 0 Å². The van der Waals surface area contributed by atoms with Gasteiger partial charge in [0.05, 0.1) is 30.0 Å². The molecule has 12 nitrogen and oxygen atoms in total. The highest BCUT2D eigenvalue weighted by atomic mass is 16.2. The SMILES string of the molecule is CC[C@H](NC)C(=O)N[C@@H]1C(=O)N2[C@@H](CC[C@@H]1CNC(=O)CN(Cc1ccccn1)Cc1ccccn1)CC[C@H]2C(=O)NC(c1ccccc1)c1ccccc1. The summed E-state index contributed by atoms with van der Waals surface area (Å²) in [5, 5.41) is 12.4. The number of nitrogens with zero attached hydrogens (tertiary/aromatic N) is 4. The smallest absolute Gasteiger partial charge is 0.246 e. The van der Waals surface area contributed by atoms with Crippen molar-refractivity contribution in [3.63, 3.8) is 0 Å². The number of fused-ring (bicyclic) bond motifs is 1. The third kappa shape index (κ3) is 10.2. The highest BCUT2D eigenvalue weighted by molar-refractivity contribution is 5.94. The molecule has 2 aromatic carbocycles. The maximum atomic E-state index is 14.7. The molecule has 0 spiro atoms. The average Bonchev–Trinajstić information content (AvgIpc) is 3.60. The molecule has 288 valence electrons. The van der Waals surface area contributed by atoms with Gasteiger partial charge in [0, 0.05) is 44.0 Å². The maximum absolute atomic E-state index is 14.7. The van der Waals surface area contributed by atoms with Gasteiger partial charge in [-0.05, 0) is 74.5 Å². The number of aromatic nitrogens is 2. The molecule has 0 unspecified atom stereocenters. The summed E-state index contributed by atoms with van der Waals surface area (Å²) in [6.07, 6.45) is 6.43. The molecule has 4 amide bonds. The molecule has 6 rings (SSSR count).